The Bertz CT molecular complexity index is 696. The summed E-state index contributed by atoms with van der Waals surface area (Å²) >= 11 is 0. The van der Waals surface area contributed by atoms with Crippen LogP contribution in [0.25, 0.3) is 0 Å². The Morgan fingerprint density at radius 3 is 3.23 bits per heavy atom. The summed E-state index contributed by atoms with van der Waals surface area (Å²) in [6, 6.07) is 3.53. The molecular formula is C14H14N4O4. The fraction of sp³-hybridized carbons (Fsp3) is 0.429. The molecule has 1 atom stereocenters. The van der Waals surface area contributed by atoms with Crippen molar-refractivity contribution in [2.45, 2.75) is 25.5 Å². The van der Waals surface area contributed by atoms with Gasteiger partial charge in [-0.15, -0.1) is 0 Å². The molecule has 0 spiro atoms. The number of hydrogen-bond acceptors (Lipinski definition) is 7. The minimum atomic E-state index is -0.185. The molecule has 1 amide bonds. The van der Waals surface area contributed by atoms with Crippen LogP contribution in [0, 0.1) is 0 Å². The van der Waals surface area contributed by atoms with Crippen molar-refractivity contribution in [2.75, 3.05) is 18.1 Å². The highest BCUT2D eigenvalue weighted by molar-refractivity contribution is 5.96. The molecule has 0 unspecified atom stereocenters. The van der Waals surface area contributed by atoms with Crippen molar-refractivity contribution >= 4 is 11.7 Å². The number of anilines is 1. The van der Waals surface area contributed by atoms with Crippen molar-refractivity contribution < 1.29 is 18.8 Å². The van der Waals surface area contributed by atoms with Crippen molar-refractivity contribution in [3.05, 3.63) is 30.0 Å². The van der Waals surface area contributed by atoms with Crippen LogP contribution in [-0.4, -0.2) is 34.2 Å². The summed E-state index contributed by atoms with van der Waals surface area (Å²) in [6.07, 6.45) is 3.35. The van der Waals surface area contributed by atoms with E-state index in [1.165, 1.54) is 4.90 Å². The van der Waals surface area contributed by atoms with Gasteiger partial charge in [-0.1, -0.05) is 5.16 Å². The molecule has 0 bridgehead atoms. The fourth-order valence-corrected chi connectivity index (χ4v) is 2.57. The zero-order valence-corrected chi connectivity index (χ0v) is 11.8. The molecule has 2 aromatic rings. The Balaban J connectivity index is 1.56. The quantitative estimate of drug-likeness (QED) is 0.842. The number of fused-ring (bicyclic) bond motifs is 1. The molecule has 1 fully saturated rings. The number of amides is 1. The van der Waals surface area contributed by atoms with E-state index in [2.05, 4.69) is 15.1 Å². The summed E-state index contributed by atoms with van der Waals surface area (Å²) in [4.78, 5) is 22.1. The Morgan fingerprint density at radius 1 is 1.41 bits per heavy atom. The molecule has 8 heteroatoms. The number of hydrogen-bond donors (Lipinski definition) is 0. The van der Waals surface area contributed by atoms with Gasteiger partial charge >= 0.3 is 0 Å². The molecule has 4 rings (SSSR count). The maximum atomic E-state index is 12.1. The van der Waals surface area contributed by atoms with E-state index >= 15 is 0 Å². The molecule has 2 aliphatic heterocycles. The van der Waals surface area contributed by atoms with E-state index in [0.717, 1.165) is 12.8 Å². The van der Waals surface area contributed by atoms with Crippen LogP contribution in [-0.2, 0) is 16.1 Å². The molecule has 0 saturated carbocycles. The van der Waals surface area contributed by atoms with E-state index in [-0.39, 0.29) is 25.2 Å². The van der Waals surface area contributed by atoms with Crippen LogP contribution in [0.4, 0.5) is 5.82 Å². The third-order valence-electron chi connectivity index (χ3n) is 3.65. The second kappa shape index (κ2) is 5.38. The molecule has 2 aromatic heterocycles. The van der Waals surface area contributed by atoms with Gasteiger partial charge in [-0.25, -0.2) is 4.98 Å². The van der Waals surface area contributed by atoms with Crippen LogP contribution in [0.15, 0.2) is 22.9 Å². The highest BCUT2D eigenvalue weighted by Gasteiger charge is 2.29. The van der Waals surface area contributed by atoms with E-state index in [4.69, 9.17) is 14.0 Å². The van der Waals surface area contributed by atoms with Gasteiger partial charge in [0.25, 0.3) is 11.8 Å². The largest absolute Gasteiger partial charge is 0.480 e. The van der Waals surface area contributed by atoms with Crippen molar-refractivity contribution in [2.24, 2.45) is 0 Å². The molecule has 4 heterocycles. The van der Waals surface area contributed by atoms with E-state index in [0.29, 0.717) is 29.9 Å². The first kappa shape index (κ1) is 13.2. The van der Waals surface area contributed by atoms with Crippen molar-refractivity contribution in [1.82, 2.24) is 15.1 Å². The number of carbonyl (C=O) groups excluding carboxylic acids is 1. The van der Waals surface area contributed by atoms with E-state index in [9.17, 15) is 4.79 Å². The molecule has 22 heavy (non-hydrogen) atoms. The standard InChI is InChI=1S/C14H14N4O4/c19-12-8-21-9-3-1-5-15-13(9)18(12)7-11-16-14(22-17-11)10-4-2-6-20-10/h1,3,5,10H,2,4,6-8H2/t10-/m1/s1. The fourth-order valence-electron chi connectivity index (χ4n) is 2.57. The molecule has 8 nitrogen and oxygen atoms in total. The van der Waals surface area contributed by atoms with Crippen LogP contribution in [0.5, 0.6) is 5.75 Å². The van der Waals surface area contributed by atoms with Crippen molar-refractivity contribution in [3.8, 4) is 5.75 Å². The number of aromatic nitrogens is 3. The highest BCUT2D eigenvalue weighted by atomic mass is 16.5. The smallest absolute Gasteiger partial charge is 0.266 e. The van der Waals surface area contributed by atoms with Gasteiger partial charge in [-0.3, -0.25) is 9.69 Å². The molecule has 0 aromatic carbocycles. The van der Waals surface area contributed by atoms with E-state index in [1.54, 1.807) is 18.3 Å². The van der Waals surface area contributed by atoms with Gasteiger partial charge in [0.05, 0.1) is 6.54 Å². The summed E-state index contributed by atoms with van der Waals surface area (Å²) < 4.78 is 16.1. The Hall–Kier alpha value is -2.48. The topological polar surface area (TPSA) is 90.6 Å². The van der Waals surface area contributed by atoms with Gasteiger partial charge in [-0.05, 0) is 25.0 Å². The molecule has 0 N–H and O–H groups in total. The van der Waals surface area contributed by atoms with Crippen LogP contribution in [0.3, 0.4) is 0 Å². The molecular weight excluding hydrogens is 288 g/mol. The van der Waals surface area contributed by atoms with Crippen LogP contribution >= 0.6 is 0 Å². The second-order valence-corrected chi connectivity index (χ2v) is 5.14. The molecule has 114 valence electrons. The summed E-state index contributed by atoms with van der Waals surface area (Å²) in [5.74, 6) is 1.76. The van der Waals surface area contributed by atoms with Crippen molar-refractivity contribution in [1.29, 1.82) is 0 Å². The Morgan fingerprint density at radius 2 is 2.36 bits per heavy atom. The normalized spacial score (nSPS) is 20.8. The summed E-state index contributed by atoms with van der Waals surface area (Å²) in [7, 11) is 0. The van der Waals surface area contributed by atoms with Gasteiger partial charge in [-0.2, -0.15) is 4.98 Å². The SMILES string of the molecule is O=C1COc2cccnc2N1Cc1noc([C@H]2CCCO2)n1. The number of rotatable bonds is 3. The van der Waals surface area contributed by atoms with Crippen molar-refractivity contribution in [3.63, 3.8) is 0 Å². The van der Waals surface area contributed by atoms with Crippen LogP contribution in [0.1, 0.15) is 30.7 Å². The minimum absolute atomic E-state index is 0.0187. The lowest BCUT2D eigenvalue weighted by molar-refractivity contribution is -0.121. The average Bonchev–Trinajstić information content (AvgIpc) is 3.21. The zero-order valence-electron chi connectivity index (χ0n) is 11.8. The van der Waals surface area contributed by atoms with Gasteiger partial charge in [0.15, 0.2) is 24.0 Å². The Kier molecular flexibility index (Phi) is 3.23. The average molecular weight is 302 g/mol. The third kappa shape index (κ3) is 2.31. The lowest BCUT2D eigenvalue weighted by Gasteiger charge is -2.26. The first-order valence-electron chi connectivity index (χ1n) is 7.13. The number of ether oxygens (including phenoxy) is 2. The number of nitrogens with zero attached hydrogens (tertiary/aromatic N) is 4. The summed E-state index contributed by atoms with van der Waals surface area (Å²) in [5, 5.41) is 3.93. The predicted molar refractivity (Wildman–Crippen MR) is 73.1 cm³/mol. The van der Waals surface area contributed by atoms with Gasteiger partial charge in [0, 0.05) is 12.8 Å². The van der Waals surface area contributed by atoms with E-state index < -0.39 is 0 Å². The first-order chi connectivity index (χ1) is 10.8. The lowest BCUT2D eigenvalue weighted by atomic mass is 10.2. The zero-order chi connectivity index (χ0) is 14.9. The maximum Gasteiger partial charge on any atom is 0.266 e. The highest BCUT2D eigenvalue weighted by Crippen LogP contribution is 2.31. The second-order valence-electron chi connectivity index (χ2n) is 5.14. The molecule has 2 aliphatic rings. The van der Waals surface area contributed by atoms with Crippen LogP contribution in [0.2, 0.25) is 0 Å². The molecule has 0 radical (unpaired) electrons. The van der Waals surface area contributed by atoms with Crippen LogP contribution < -0.4 is 9.64 Å². The predicted octanol–water partition coefficient (Wildman–Crippen LogP) is 1.24. The third-order valence-corrected chi connectivity index (χ3v) is 3.65. The monoisotopic (exact) mass is 302 g/mol. The van der Waals surface area contributed by atoms with Gasteiger partial charge < -0.3 is 14.0 Å². The van der Waals surface area contributed by atoms with Gasteiger partial charge in [0.2, 0.25) is 0 Å². The van der Waals surface area contributed by atoms with E-state index in [1.807, 2.05) is 0 Å². The van der Waals surface area contributed by atoms with Gasteiger partial charge in [0.1, 0.15) is 6.10 Å². The first-order valence-corrected chi connectivity index (χ1v) is 7.13. The Labute approximate surface area is 126 Å². The number of pyridine rings is 1. The maximum absolute atomic E-state index is 12.1. The molecule has 0 aliphatic carbocycles. The summed E-state index contributed by atoms with van der Waals surface area (Å²) in [5.41, 5.74) is 0. The molecule has 1 saturated heterocycles. The minimum Gasteiger partial charge on any atom is -0.480 e. The summed E-state index contributed by atoms with van der Waals surface area (Å²) in [6.45, 7) is 0.888. The number of carbonyl (C=O) groups is 1. The lowest BCUT2D eigenvalue weighted by Crippen LogP contribution is -2.39.